The monoisotopic (exact) mass is 290 g/mol. The second-order valence-corrected chi connectivity index (χ2v) is 5.66. The highest BCUT2D eigenvalue weighted by molar-refractivity contribution is 5.96. The molecule has 1 heterocycles. The molecule has 0 radical (unpaired) electrons. The van der Waals surface area contributed by atoms with Crippen molar-refractivity contribution in [3.8, 4) is 0 Å². The minimum absolute atomic E-state index is 0.0450. The summed E-state index contributed by atoms with van der Waals surface area (Å²) < 4.78 is 14.8. The van der Waals surface area contributed by atoms with Crippen molar-refractivity contribution in [2.45, 2.75) is 39.8 Å². The summed E-state index contributed by atoms with van der Waals surface area (Å²) in [4.78, 5) is 24.8. The molecule has 0 aliphatic rings. The van der Waals surface area contributed by atoms with E-state index in [2.05, 4.69) is 5.32 Å². The number of hydrogen-bond donors (Lipinski definition) is 1. The van der Waals surface area contributed by atoms with Gasteiger partial charge in [0.15, 0.2) is 0 Å². The average Bonchev–Trinajstić information content (AvgIpc) is 2.36. The standard InChI is InChI=1S/C16H19FN2O2/c1-9(2)18-15(20)14-8-11-7-12(17)5-6-13(11)16(21)19(14)10(3)4/h5-10H,1-4H3,(H,18,20). The lowest BCUT2D eigenvalue weighted by atomic mass is 10.1. The number of rotatable bonds is 3. The summed E-state index contributed by atoms with van der Waals surface area (Å²) in [6.07, 6.45) is 0. The number of fused-ring (bicyclic) bond motifs is 1. The van der Waals surface area contributed by atoms with Gasteiger partial charge in [0.2, 0.25) is 0 Å². The topological polar surface area (TPSA) is 51.1 Å². The number of pyridine rings is 1. The van der Waals surface area contributed by atoms with Crippen LogP contribution < -0.4 is 10.9 Å². The Balaban J connectivity index is 2.75. The Morgan fingerprint density at radius 1 is 1.19 bits per heavy atom. The summed E-state index contributed by atoms with van der Waals surface area (Å²) in [5.41, 5.74) is -0.0294. The fourth-order valence-corrected chi connectivity index (χ4v) is 2.33. The zero-order valence-electron chi connectivity index (χ0n) is 12.6. The number of carbonyl (C=O) groups excluding carboxylic acids is 1. The number of hydrogen-bond acceptors (Lipinski definition) is 2. The highest BCUT2D eigenvalue weighted by Crippen LogP contribution is 2.17. The van der Waals surface area contributed by atoms with Crippen molar-refractivity contribution in [3.63, 3.8) is 0 Å². The molecular weight excluding hydrogens is 271 g/mol. The van der Waals surface area contributed by atoms with Crippen molar-refractivity contribution in [1.29, 1.82) is 0 Å². The molecule has 2 rings (SSSR count). The van der Waals surface area contributed by atoms with Crippen molar-refractivity contribution < 1.29 is 9.18 Å². The maximum Gasteiger partial charge on any atom is 0.268 e. The molecule has 0 aliphatic carbocycles. The summed E-state index contributed by atoms with van der Waals surface area (Å²) in [5.74, 6) is -0.763. The number of nitrogens with one attached hydrogen (secondary N) is 1. The second kappa shape index (κ2) is 5.68. The van der Waals surface area contributed by atoms with E-state index in [9.17, 15) is 14.0 Å². The zero-order chi connectivity index (χ0) is 15.7. The van der Waals surface area contributed by atoms with Crippen LogP contribution in [-0.2, 0) is 0 Å². The Bertz CT molecular complexity index is 748. The van der Waals surface area contributed by atoms with Gasteiger partial charge in [0.05, 0.1) is 0 Å². The number of carbonyl (C=O) groups is 1. The Hall–Kier alpha value is -2.17. The summed E-state index contributed by atoms with van der Waals surface area (Å²) in [5, 5.41) is 3.61. The lowest BCUT2D eigenvalue weighted by Gasteiger charge is -2.18. The van der Waals surface area contributed by atoms with Crippen LogP contribution in [0.15, 0.2) is 29.1 Å². The molecule has 0 bridgehead atoms. The van der Waals surface area contributed by atoms with E-state index >= 15 is 0 Å². The normalized spacial score (nSPS) is 11.4. The quantitative estimate of drug-likeness (QED) is 0.945. The van der Waals surface area contributed by atoms with Crippen molar-refractivity contribution >= 4 is 16.7 Å². The van der Waals surface area contributed by atoms with Crippen LogP contribution in [-0.4, -0.2) is 16.5 Å². The van der Waals surface area contributed by atoms with Crippen molar-refractivity contribution in [2.24, 2.45) is 0 Å². The third kappa shape index (κ3) is 2.96. The first kappa shape index (κ1) is 15.2. The minimum Gasteiger partial charge on any atom is -0.349 e. The van der Waals surface area contributed by atoms with E-state index in [4.69, 9.17) is 0 Å². The smallest absolute Gasteiger partial charge is 0.268 e. The van der Waals surface area contributed by atoms with E-state index in [0.29, 0.717) is 10.8 Å². The van der Waals surface area contributed by atoms with Crippen LogP contribution in [0.5, 0.6) is 0 Å². The molecule has 1 N–H and O–H groups in total. The van der Waals surface area contributed by atoms with Gasteiger partial charge >= 0.3 is 0 Å². The lowest BCUT2D eigenvalue weighted by molar-refractivity contribution is 0.0931. The Morgan fingerprint density at radius 3 is 2.43 bits per heavy atom. The average molecular weight is 290 g/mol. The fraction of sp³-hybridized carbons (Fsp3) is 0.375. The van der Waals surface area contributed by atoms with E-state index in [0.717, 1.165) is 0 Å². The first-order chi connectivity index (χ1) is 9.81. The van der Waals surface area contributed by atoms with E-state index in [1.807, 2.05) is 27.7 Å². The van der Waals surface area contributed by atoms with Gasteiger partial charge in [0.1, 0.15) is 11.5 Å². The van der Waals surface area contributed by atoms with Gasteiger partial charge in [-0.25, -0.2) is 4.39 Å². The molecule has 2 aromatic rings. The fourth-order valence-electron chi connectivity index (χ4n) is 2.33. The summed E-state index contributed by atoms with van der Waals surface area (Å²) in [6.45, 7) is 7.36. The predicted octanol–water partition coefficient (Wildman–Crippen LogP) is 2.86. The lowest BCUT2D eigenvalue weighted by Crippen LogP contribution is -2.36. The van der Waals surface area contributed by atoms with E-state index in [1.165, 1.54) is 22.8 Å². The Labute approximate surface area is 122 Å². The van der Waals surface area contributed by atoms with Crippen molar-refractivity contribution in [3.05, 3.63) is 46.1 Å². The van der Waals surface area contributed by atoms with Gasteiger partial charge in [0.25, 0.3) is 11.5 Å². The highest BCUT2D eigenvalue weighted by Gasteiger charge is 2.18. The van der Waals surface area contributed by atoms with E-state index in [-0.39, 0.29) is 29.2 Å². The number of nitrogens with zero attached hydrogens (tertiary/aromatic N) is 1. The zero-order valence-corrected chi connectivity index (χ0v) is 12.6. The molecule has 4 nitrogen and oxygen atoms in total. The molecule has 1 aromatic carbocycles. The third-order valence-corrected chi connectivity index (χ3v) is 3.18. The van der Waals surface area contributed by atoms with Gasteiger partial charge < -0.3 is 9.88 Å². The molecule has 21 heavy (non-hydrogen) atoms. The molecule has 0 aliphatic heterocycles. The highest BCUT2D eigenvalue weighted by atomic mass is 19.1. The minimum atomic E-state index is -0.431. The molecule has 0 fully saturated rings. The first-order valence-corrected chi connectivity index (χ1v) is 6.97. The number of benzene rings is 1. The number of amides is 1. The van der Waals surface area contributed by atoms with Gasteiger partial charge in [-0.3, -0.25) is 9.59 Å². The van der Waals surface area contributed by atoms with E-state index in [1.54, 1.807) is 6.07 Å². The van der Waals surface area contributed by atoms with Crippen LogP contribution in [0.3, 0.4) is 0 Å². The van der Waals surface area contributed by atoms with Gasteiger partial charge in [0, 0.05) is 17.5 Å². The van der Waals surface area contributed by atoms with Crippen molar-refractivity contribution in [2.75, 3.05) is 0 Å². The van der Waals surface area contributed by atoms with Crippen LogP contribution in [0.4, 0.5) is 4.39 Å². The van der Waals surface area contributed by atoms with Gasteiger partial charge in [-0.2, -0.15) is 0 Å². The summed E-state index contributed by atoms with van der Waals surface area (Å²) in [6, 6.07) is 5.33. The molecule has 0 atom stereocenters. The molecule has 0 unspecified atom stereocenters. The van der Waals surface area contributed by atoms with Crippen LogP contribution in [0.25, 0.3) is 10.8 Å². The van der Waals surface area contributed by atoms with Gasteiger partial charge in [-0.1, -0.05) is 0 Å². The Morgan fingerprint density at radius 2 is 1.86 bits per heavy atom. The van der Waals surface area contributed by atoms with Crippen LogP contribution >= 0.6 is 0 Å². The third-order valence-electron chi connectivity index (χ3n) is 3.18. The van der Waals surface area contributed by atoms with Crippen LogP contribution in [0, 0.1) is 5.82 Å². The molecule has 0 saturated heterocycles. The molecular formula is C16H19FN2O2. The first-order valence-electron chi connectivity index (χ1n) is 6.97. The second-order valence-electron chi connectivity index (χ2n) is 5.66. The van der Waals surface area contributed by atoms with E-state index < -0.39 is 5.82 Å². The maximum atomic E-state index is 13.4. The summed E-state index contributed by atoms with van der Waals surface area (Å²) >= 11 is 0. The van der Waals surface area contributed by atoms with Crippen molar-refractivity contribution in [1.82, 2.24) is 9.88 Å². The SMILES string of the molecule is CC(C)NC(=O)c1cc2cc(F)ccc2c(=O)n1C(C)C. The number of aromatic nitrogens is 1. The molecule has 5 heteroatoms. The van der Waals surface area contributed by atoms with Gasteiger partial charge in [-0.15, -0.1) is 0 Å². The molecule has 1 aromatic heterocycles. The maximum absolute atomic E-state index is 13.4. The van der Waals surface area contributed by atoms with Crippen LogP contribution in [0.1, 0.15) is 44.2 Å². The van der Waals surface area contributed by atoms with Gasteiger partial charge in [-0.05, 0) is 57.3 Å². The Kier molecular flexibility index (Phi) is 4.11. The largest absolute Gasteiger partial charge is 0.349 e. The molecule has 1 amide bonds. The molecule has 0 spiro atoms. The van der Waals surface area contributed by atoms with Crippen LogP contribution in [0.2, 0.25) is 0 Å². The molecule has 0 saturated carbocycles. The number of halogens is 1. The molecule has 112 valence electrons. The summed E-state index contributed by atoms with van der Waals surface area (Å²) in [7, 11) is 0. The predicted molar refractivity (Wildman–Crippen MR) is 81.2 cm³/mol.